The fraction of sp³-hybridized carbons (Fsp3) is 0.0417. The third-order valence-corrected chi connectivity index (χ3v) is 5.29. The average molecular weight is 414 g/mol. The quantitative estimate of drug-likeness (QED) is 0.213. The molecule has 0 unspecified atom stereocenters. The van der Waals surface area contributed by atoms with E-state index >= 15 is 0 Å². The Balaban J connectivity index is 1.36. The van der Waals surface area contributed by atoms with Gasteiger partial charge in [0.2, 0.25) is 5.91 Å². The van der Waals surface area contributed by atoms with Crippen molar-refractivity contribution in [2.75, 3.05) is 0 Å². The molecule has 3 aromatic carbocycles. The standard InChI is InChI=1S/C24H18N2O3S/c27-23(15-20-7-4-14-30-20)26-25-16-17-10-12-19(13-11-17)29-24(28)22-9-3-6-18-5-1-2-8-21(18)22/h1-14,16H,15H2,(H,26,27)/b25-16+. The Morgan fingerprint density at radius 2 is 1.73 bits per heavy atom. The number of carbonyl (C=O) groups is 2. The minimum Gasteiger partial charge on any atom is -0.423 e. The molecule has 1 aromatic heterocycles. The first-order valence-corrected chi connectivity index (χ1v) is 10.2. The van der Waals surface area contributed by atoms with Crippen molar-refractivity contribution < 1.29 is 14.3 Å². The van der Waals surface area contributed by atoms with Gasteiger partial charge < -0.3 is 4.74 Å². The van der Waals surface area contributed by atoms with Crippen molar-refractivity contribution >= 4 is 40.2 Å². The Hall–Kier alpha value is -3.77. The van der Waals surface area contributed by atoms with Gasteiger partial charge in [-0.1, -0.05) is 42.5 Å². The van der Waals surface area contributed by atoms with Gasteiger partial charge in [-0.2, -0.15) is 5.10 Å². The summed E-state index contributed by atoms with van der Waals surface area (Å²) in [5, 5.41) is 7.74. The van der Waals surface area contributed by atoms with Gasteiger partial charge in [-0.25, -0.2) is 10.2 Å². The van der Waals surface area contributed by atoms with E-state index in [1.54, 1.807) is 36.5 Å². The number of hydrogen-bond donors (Lipinski definition) is 1. The lowest BCUT2D eigenvalue weighted by Gasteiger charge is -2.07. The summed E-state index contributed by atoms with van der Waals surface area (Å²) in [6.45, 7) is 0. The first-order chi connectivity index (χ1) is 14.7. The van der Waals surface area contributed by atoms with Crippen LogP contribution >= 0.6 is 11.3 Å². The van der Waals surface area contributed by atoms with Crippen LogP contribution in [-0.4, -0.2) is 18.1 Å². The van der Waals surface area contributed by atoms with Gasteiger partial charge in [-0.05, 0) is 58.1 Å². The number of carbonyl (C=O) groups excluding carboxylic acids is 2. The van der Waals surface area contributed by atoms with E-state index in [0.29, 0.717) is 17.7 Å². The maximum atomic E-state index is 12.6. The highest BCUT2D eigenvalue weighted by Crippen LogP contribution is 2.21. The lowest BCUT2D eigenvalue weighted by atomic mass is 10.0. The molecule has 0 radical (unpaired) electrons. The van der Waals surface area contributed by atoms with Crippen LogP contribution in [-0.2, 0) is 11.2 Å². The summed E-state index contributed by atoms with van der Waals surface area (Å²) in [6, 6.07) is 24.0. The lowest BCUT2D eigenvalue weighted by Crippen LogP contribution is -2.19. The van der Waals surface area contributed by atoms with E-state index in [2.05, 4.69) is 10.5 Å². The number of fused-ring (bicyclic) bond motifs is 1. The van der Waals surface area contributed by atoms with Crippen molar-refractivity contribution in [3.8, 4) is 5.75 Å². The smallest absolute Gasteiger partial charge is 0.344 e. The molecule has 148 valence electrons. The number of benzene rings is 3. The van der Waals surface area contributed by atoms with E-state index < -0.39 is 5.97 Å². The van der Waals surface area contributed by atoms with Crippen LogP contribution in [0.4, 0.5) is 0 Å². The minimum atomic E-state index is -0.408. The highest BCUT2D eigenvalue weighted by atomic mass is 32.1. The SMILES string of the molecule is O=C(Cc1cccs1)N/N=C/c1ccc(OC(=O)c2cccc3ccccc23)cc1. The second kappa shape index (κ2) is 9.15. The summed E-state index contributed by atoms with van der Waals surface area (Å²) in [4.78, 5) is 25.4. The molecule has 1 heterocycles. The Morgan fingerprint density at radius 3 is 2.53 bits per heavy atom. The molecular weight excluding hydrogens is 396 g/mol. The largest absolute Gasteiger partial charge is 0.423 e. The third-order valence-electron chi connectivity index (χ3n) is 4.42. The zero-order valence-corrected chi connectivity index (χ0v) is 16.8. The van der Waals surface area contributed by atoms with Gasteiger partial charge in [0, 0.05) is 4.88 Å². The Morgan fingerprint density at radius 1 is 0.933 bits per heavy atom. The molecule has 0 bridgehead atoms. The topological polar surface area (TPSA) is 67.8 Å². The van der Waals surface area contributed by atoms with Gasteiger partial charge in [0.1, 0.15) is 5.75 Å². The fourth-order valence-electron chi connectivity index (χ4n) is 2.98. The normalized spacial score (nSPS) is 10.9. The van der Waals surface area contributed by atoms with Gasteiger partial charge >= 0.3 is 5.97 Å². The highest BCUT2D eigenvalue weighted by molar-refractivity contribution is 7.10. The average Bonchev–Trinajstić information content (AvgIpc) is 3.27. The number of nitrogens with zero attached hydrogens (tertiary/aromatic N) is 1. The summed E-state index contributed by atoms with van der Waals surface area (Å²) in [5.74, 6) is -0.143. The highest BCUT2D eigenvalue weighted by Gasteiger charge is 2.12. The van der Waals surface area contributed by atoms with Crippen molar-refractivity contribution in [2.45, 2.75) is 6.42 Å². The summed E-state index contributed by atoms with van der Waals surface area (Å²) < 4.78 is 5.51. The van der Waals surface area contributed by atoms with Crippen molar-refractivity contribution in [3.05, 3.63) is 100 Å². The molecule has 0 aliphatic heterocycles. The Bertz CT molecular complexity index is 1190. The summed E-state index contributed by atoms with van der Waals surface area (Å²) in [6.07, 6.45) is 1.85. The molecule has 0 atom stereocenters. The molecule has 5 nitrogen and oxygen atoms in total. The summed E-state index contributed by atoms with van der Waals surface area (Å²) in [7, 11) is 0. The first kappa shape index (κ1) is 19.5. The van der Waals surface area contributed by atoms with Gasteiger partial charge in [-0.15, -0.1) is 11.3 Å². The molecule has 1 N–H and O–H groups in total. The number of amides is 1. The van der Waals surface area contributed by atoms with Crippen LogP contribution in [0.2, 0.25) is 0 Å². The fourth-order valence-corrected chi connectivity index (χ4v) is 3.68. The van der Waals surface area contributed by atoms with Gasteiger partial charge in [0.05, 0.1) is 18.2 Å². The number of esters is 1. The molecule has 0 aliphatic rings. The maximum Gasteiger partial charge on any atom is 0.344 e. The molecule has 4 rings (SSSR count). The van der Waals surface area contributed by atoms with Crippen LogP contribution in [0.5, 0.6) is 5.75 Å². The molecule has 0 spiro atoms. The molecular formula is C24H18N2O3S. The number of hydrazone groups is 1. The molecule has 4 aromatic rings. The molecule has 0 aliphatic carbocycles. The van der Waals surface area contributed by atoms with Crippen LogP contribution in [0, 0.1) is 0 Å². The van der Waals surface area contributed by atoms with E-state index in [1.807, 2.05) is 53.9 Å². The molecule has 0 saturated heterocycles. The van der Waals surface area contributed by atoms with Crippen LogP contribution in [0.15, 0.2) is 89.3 Å². The lowest BCUT2D eigenvalue weighted by molar-refractivity contribution is -0.120. The second-order valence-electron chi connectivity index (χ2n) is 6.53. The Labute approximate surface area is 177 Å². The van der Waals surface area contributed by atoms with Crippen molar-refractivity contribution in [1.82, 2.24) is 5.43 Å². The maximum absolute atomic E-state index is 12.6. The van der Waals surface area contributed by atoms with Crippen LogP contribution in [0.3, 0.4) is 0 Å². The summed E-state index contributed by atoms with van der Waals surface area (Å²) in [5.41, 5.74) is 3.80. The van der Waals surface area contributed by atoms with Crippen LogP contribution in [0.1, 0.15) is 20.8 Å². The van der Waals surface area contributed by atoms with Crippen molar-refractivity contribution in [3.63, 3.8) is 0 Å². The third kappa shape index (κ3) is 4.79. The van der Waals surface area contributed by atoms with Gasteiger partial charge in [0.25, 0.3) is 0 Å². The van der Waals surface area contributed by atoms with Crippen LogP contribution < -0.4 is 10.2 Å². The molecule has 1 amide bonds. The number of ether oxygens (including phenoxy) is 1. The van der Waals surface area contributed by atoms with E-state index in [0.717, 1.165) is 21.2 Å². The Kier molecular flexibility index (Phi) is 5.96. The number of hydrogen-bond acceptors (Lipinski definition) is 5. The zero-order chi connectivity index (χ0) is 20.8. The molecule has 0 saturated carbocycles. The number of rotatable bonds is 6. The monoisotopic (exact) mass is 414 g/mol. The van der Waals surface area contributed by atoms with Crippen molar-refractivity contribution in [2.24, 2.45) is 5.10 Å². The van der Waals surface area contributed by atoms with E-state index in [1.165, 1.54) is 11.3 Å². The van der Waals surface area contributed by atoms with E-state index in [4.69, 9.17) is 4.74 Å². The van der Waals surface area contributed by atoms with E-state index in [-0.39, 0.29) is 5.91 Å². The number of thiophene rings is 1. The van der Waals surface area contributed by atoms with Crippen molar-refractivity contribution in [1.29, 1.82) is 0 Å². The van der Waals surface area contributed by atoms with Crippen LogP contribution in [0.25, 0.3) is 10.8 Å². The number of nitrogens with one attached hydrogen (secondary N) is 1. The van der Waals surface area contributed by atoms with Gasteiger partial charge in [-0.3, -0.25) is 4.79 Å². The molecule has 30 heavy (non-hydrogen) atoms. The predicted octanol–water partition coefficient (Wildman–Crippen LogP) is 4.81. The second-order valence-corrected chi connectivity index (χ2v) is 7.57. The summed E-state index contributed by atoms with van der Waals surface area (Å²) >= 11 is 1.53. The molecule has 0 fully saturated rings. The minimum absolute atomic E-state index is 0.172. The molecule has 6 heteroatoms. The van der Waals surface area contributed by atoms with E-state index in [9.17, 15) is 9.59 Å². The van der Waals surface area contributed by atoms with Gasteiger partial charge in [0.15, 0.2) is 0 Å². The predicted molar refractivity (Wildman–Crippen MR) is 119 cm³/mol. The first-order valence-electron chi connectivity index (χ1n) is 9.33. The zero-order valence-electron chi connectivity index (χ0n) is 15.9.